The molecule has 3 aromatic rings. The highest BCUT2D eigenvalue weighted by Crippen LogP contribution is 2.50. The van der Waals surface area contributed by atoms with Crippen LogP contribution in [0.15, 0.2) is 47.7 Å². The van der Waals surface area contributed by atoms with E-state index in [2.05, 4.69) is 49.4 Å². The molecule has 1 aromatic carbocycles. The predicted octanol–water partition coefficient (Wildman–Crippen LogP) is 3.96. The Bertz CT molecular complexity index is 1270. The van der Waals surface area contributed by atoms with Crippen LogP contribution in [-0.2, 0) is 13.0 Å². The van der Waals surface area contributed by atoms with Crippen LogP contribution in [0.2, 0.25) is 5.02 Å². The zero-order valence-electron chi connectivity index (χ0n) is 18.1. The second kappa shape index (κ2) is 8.52. The maximum Gasteiger partial charge on any atom is 0.154 e. The molecule has 3 aliphatic rings. The third kappa shape index (κ3) is 3.58. The van der Waals surface area contributed by atoms with Crippen molar-refractivity contribution in [1.29, 1.82) is 0 Å². The summed E-state index contributed by atoms with van der Waals surface area (Å²) in [5, 5.41) is 3.59. The lowest BCUT2D eigenvalue weighted by molar-refractivity contribution is 0.187. The molecule has 0 radical (unpaired) electrons. The number of nitrogens with two attached hydrogens (primary N) is 2. The third-order valence-corrected chi connectivity index (χ3v) is 7.69. The molecule has 0 amide bonds. The normalized spacial score (nSPS) is 19.9. The number of nitrogen functional groups attached to an aromatic ring is 1. The van der Waals surface area contributed by atoms with E-state index in [4.69, 9.17) is 28.1 Å². The number of nitrogens with zero attached hydrogens (tertiary/aromatic N) is 5. The summed E-state index contributed by atoms with van der Waals surface area (Å²) in [5.41, 5.74) is 17.7. The molecule has 1 fully saturated rings. The molecule has 0 saturated carbocycles. The summed E-state index contributed by atoms with van der Waals surface area (Å²) in [6, 6.07) is 10.5. The van der Waals surface area contributed by atoms with Crippen molar-refractivity contribution in [3.8, 4) is 0 Å². The molecule has 2 aliphatic heterocycles. The lowest BCUT2D eigenvalue weighted by Gasteiger charge is -2.42. The molecule has 34 heavy (non-hydrogen) atoms. The Hall–Kier alpha value is -3.23. The summed E-state index contributed by atoms with van der Waals surface area (Å²) in [5.74, 6) is 1.81. The first-order valence-electron chi connectivity index (χ1n) is 11.2. The van der Waals surface area contributed by atoms with Crippen LogP contribution in [0.3, 0.4) is 0 Å². The maximum absolute atomic E-state index is 6.72. The fraction of sp³-hybridized carbons (Fsp3) is 0.360. The minimum atomic E-state index is 0. The van der Waals surface area contributed by atoms with Crippen molar-refractivity contribution in [3.05, 3.63) is 70.3 Å². The molecule has 0 bridgehead atoms. The number of anilines is 3. The number of aliphatic imine (C=N–C) groups is 1. The number of rotatable bonds is 2. The number of fused-ring (bicyclic) bond motifs is 2. The van der Waals surface area contributed by atoms with E-state index in [1.807, 2.05) is 6.20 Å². The first-order chi connectivity index (χ1) is 16.0. The van der Waals surface area contributed by atoms with Gasteiger partial charge in [-0.05, 0) is 41.9 Å². The van der Waals surface area contributed by atoms with E-state index in [1.54, 1.807) is 12.3 Å². The topological polar surface area (TPSA) is 118 Å². The van der Waals surface area contributed by atoms with Crippen molar-refractivity contribution < 1.29 is 0 Å². The fourth-order valence-electron chi connectivity index (χ4n) is 5.38. The van der Waals surface area contributed by atoms with E-state index >= 15 is 0 Å². The van der Waals surface area contributed by atoms with E-state index in [0.717, 1.165) is 49.6 Å². The number of piperidine rings is 1. The van der Waals surface area contributed by atoms with Gasteiger partial charge in [0, 0.05) is 25.3 Å². The number of benzene rings is 1. The highest BCUT2D eigenvalue weighted by atomic mass is 35.5. The summed E-state index contributed by atoms with van der Waals surface area (Å²) >= 11 is 6.26. The SMILES string of the molecule is C.Nc1nccc(NC2=NCc3nc(N4CCC5(CC4)Cc4ccccc4[C@@H]5N)cnc32)c1Cl. The molecule has 5 N–H and O–H groups in total. The number of halogens is 1. The molecule has 0 unspecified atom stereocenters. The van der Waals surface area contributed by atoms with E-state index in [0.29, 0.717) is 23.1 Å². The number of hydrogen-bond donors (Lipinski definition) is 3. The van der Waals surface area contributed by atoms with Gasteiger partial charge in [-0.3, -0.25) is 4.99 Å². The largest absolute Gasteiger partial charge is 0.382 e. The molecule has 1 aliphatic carbocycles. The molecule has 1 saturated heterocycles. The van der Waals surface area contributed by atoms with E-state index in [1.165, 1.54) is 11.1 Å². The monoisotopic (exact) mass is 476 g/mol. The van der Waals surface area contributed by atoms with Gasteiger partial charge in [0.15, 0.2) is 5.84 Å². The molecule has 1 spiro atoms. The van der Waals surface area contributed by atoms with Gasteiger partial charge >= 0.3 is 0 Å². The molecule has 8 nitrogen and oxygen atoms in total. The van der Waals surface area contributed by atoms with Crippen LogP contribution in [-0.4, -0.2) is 33.9 Å². The number of hydrogen-bond acceptors (Lipinski definition) is 8. The van der Waals surface area contributed by atoms with Crippen molar-refractivity contribution in [2.45, 2.75) is 39.3 Å². The van der Waals surface area contributed by atoms with Gasteiger partial charge in [0.1, 0.15) is 22.4 Å². The Morgan fingerprint density at radius 3 is 2.71 bits per heavy atom. The number of amidine groups is 1. The lowest BCUT2D eigenvalue weighted by atomic mass is 9.73. The number of pyridine rings is 1. The molecule has 1 atom stereocenters. The number of nitrogens with one attached hydrogen (secondary N) is 1. The van der Waals surface area contributed by atoms with Gasteiger partial charge < -0.3 is 21.7 Å². The molecule has 176 valence electrons. The highest BCUT2D eigenvalue weighted by Gasteiger charge is 2.46. The predicted molar refractivity (Wildman–Crippen MR) is 137 cm³/mol. The highest BCUT2D eigenvalue weighted by molar-refractivity contribution is 6.36. The summed E-state index contributed by atoms with van der Waals surface area (Å²) in [6.45, 7) is 2.33. The molecule has 6 rings (SSSR count). The Kier molecular flexibility index (Phi) is 5.65. The van der Waals surface area contributed by atoms with E-state index in [-0.39, 0.29) is 24.7 Å². The zero-order chi connectivity index (χ0) is 22.6. The van der Waals surface area contributed by atoms with Gasteiger partial charge in [-0.15, -0.1) is 0 Å². The molecule has 9 heteroatoms. The van der Waals surface area contributed by atoms with Gasteiger partial charge in [0.2, 0.25) is 0 Å². The van der Waals surface area contributed by atoms with Crippen LogP contribution in [0, 0.1) is 5.41 Å². The van der Waals surface area contributed by atoms with Crippen LogP contribution >= 0.6 is 11.6 Å². The average molecular weight is 477 g/mol. The molecule has 2 aromatic heterocycles. The van der Waals surface area contributed by atoms with Crippen molar-refractivity contribution >= 4 is 34.8 Å². The maximum atomic E-state index is 6.72. The summed E-state index contributed by atoms with van der Waals surface area (Å²) in [7, 11) is 0. The lowest BCUT2D eigenvalue weighted by Crippen LogP contribution is -2.44. The van der Waals surface area contributed by atoms with E-state index < -0.39 is 0 Å². The molecular formula is C25H29ClN8. The smallest absolute Gasteiger partial charge is 0.154 e. The fourth-order valence-corrected chi connectivity index (χ4v) is 5.53. The Labute approximate surface area is 204 Å². The first kappa shape index (κ1) is 22.6. The standard InChI is InChI=1S/C24H25ClN8.CH4/c25-19-16(5-8-28-22(19)27)32-23-20-17(12-30-23)31-18(13-29-20)33-9-6-24(7-10-33)11-14-3-1-2-4-15(14)21(24)26;/h1-5,8,13,21H,6-7,9-12,26H2,(H3,27,28,30,32);1H4/t21-;/m0./s1. The zero-order valence-corrected chi connectivity index (χ0v) is 18.9. The Morgan fingerprint density at radius 2 is 1.91 bits per heavy atom. The number of aromatic nitrogens is 3. The second-order valence-electron chi connectivity index (χ2n) is 9.07. The minimum Gasteiger partial charge on any atom is -0.382 e. The van der Waals surface area contributed by atoms with Crippen molar-refractivity contribution in [2.75, 3.05) is 29.0 Å². The van der Waals surface area contributed by atoms with Crippen molar-refractivity contribution in [1.82, 2.24) is 15.0 Å². The molecule has 4 heterocycles. The summed E-state index contributed by atoms with van der Waals surface area (Å²) in [4.78, 5) is 20.5. The van der Waals surface area contributed by atoms with E-state index in [9.17, 15) is 0 Å². The van der Waals surface area contributed by atoms with Gasteiger partial charge in [-0.25, -0.2) is 15.0 Å². The van der Waals surface area contributed by atoms with Crippen LogP contribution in [0.5, 0.6) is 0 Å². The third-order valence-electron chi connectivity index (χ3n) is 7.29. The van der Waals surface area contributed by atoms with Crippen LogP contribution < -0.4 is 21.7 Å². The van der Waals surface area contributed by atoms with Crippen LogP contribution in [0.4, 0.5) is 17.3 Å². The summed E-state index contributed by atoms with van der Waals surface area (Å²) in [6.07, 6.45) is 6.61. The van der Waals surface area contributed by atoms with Crippen LogP contribution in [0.25, 0.3) is 0 Å². The average Bonchev–Trinajstić information content (AvgIpc) is 3.36. The first-order valence-corrected chi connectivity index (χ1v) is 11.6. The van der Waals surface area contributed by atoms with Gasteiger partial charge in [-0.1, -0.05) is 43.3 Å². The van der Waals surface area contributed by atoms with Crippen molar-refractivity contribution in [3.63, 3.8) is 0 Å². The molecular weight excluding hydrogens is 448 g/mol. The second-order valence-corrected chi connectivity index (χ2v) is 9.45. The minimum absolute atomic E-state index is 0. The summed E-state index contributed by atoms with van der Waals surface area (Å²) < 4.78 is 0. The van der Waals surface area contributed by atoms with Gasteiger partial charge in [0.25, 0.3) is 0 Å². The van der Waals surface area contributed by atoms with Gasteiger partial charge in [-0.2, -0.15) is 0 Å². The van der Waals surface area contributed by atoms with Crippen LogP contribution in [0.1, 0.15) is 48.8 Å². The quantitative estimate of drug-likeness (QED) is 0.512. The van der Waals surface area contributed by atoms with Gasteiger partial charge in [0.05, 0.1) is 24.1 Å². The Morgan fingerprint density at radius 1 is 1.12 bits per heavy atom. The van der Waals surface area contributed by atoms with Crippen molar-refractivity contribution in [2.24, 2.45) is 16.1 Å². The Balaban J connectivity index is 0.00000241.